The second-order valence-corrected chi connectivity index (χ2v) is 14.6. The Hall–Kier alpha value is -2.47. The van der Waals surface area contributed by atoms with Crippen molar-refractivity contribution >= 4 is 55.6 Å². The van der Waals surface area contributed by atoms with Gasteiger partial charge in [0.15, 0.2) is 0 Å². The third-order valence-electron chi connectivity index (χ3n) is 10.3. The molecule has 9 nitrogen and oxygen atoms in total. The molecule has 242 valence electrons. The first-order chi connectivity index (χ1) is 21.8. The van der Waals surface area contributed by atoms with Crippen LogP contribution in [0.5, 0.6) is 0 Å². The quantitative estimate of drug-likeness (QED) is 0.350. The molecule has 4 aliphatic heterocycles. The van der Waals surface area contributed by atoms with Gasteiger partial charge in [0.25, 0.3) is 0 Å². The molecule has 3 fully saturated rings. The largest absolute Gasteiger partial charge is 0.431 e. The summed E-state index contributed by atoms with van der Waals surface area (Å²) in [6.45, 7) is 5.08. The molecule has 1 atom stereocenters. The second kappa shape index (κ2) is 14.5. The van der Waals surface area contributed by atoms with Gasteiger partial charge in [-0.05, 0) is 99.7 Å². The van der Waals surface area contributed by atoms with Crippen molar-refractivity contribution in [1.29, 1.82) is 0 Å². The zero-order valence-electron chi connectivity index (χ0n) is 25.8. The number of nitrogens with one attached hydrogen (secondary N) is 2. The summed E-state index contributed by atoms with van der Waals surface area (Å²) in [6, 6.07) is 14.1. The first-order valence-electron chi connectivity index (χ1n) is 16.5. The number of quaternary nitrogens is 1. The van der Waals surface area contributed by atoms with Crippen LogP contribution in [0.25, 0.3) is 0 Å². The van der Waals surface area contributed by atoms with E-state index in [0.717, 1.165) is 90.5 Å². The van der Waals surface area contributed by atoms with Gasteiger partial charge in [-0.3, -0.25) is 4.48 Å². The second-order valence-electron chi connectivity index (χ2n) is 12.9. The minimum atomic E-state index is -0.869. The van der Waals surface area contributed by atoms with Crippen molar-refractivity contribution in [2.75, 3.05) is 51.1 Å². The SMILES string of the molecule is O=C(O[C@H](Cc1ccc(Br)c(Br)c1)C(=O)[N+]1(C2CCNCC2)CCCCC1)N1CCC(N2CCc3ccccc3NC2=O)CC1. The summed E-state index contributed by atoms with van der Waals surface area (Å²) in [5, 5.41) is 6.52. The third-order valence-corrected chi connectivity index (χ3v) is 12.2. The summed E-state index contributed by atoms with van der Waals surface area (Å²) >= 11 is 7.15. The third kappa shape index (κ3) is 7.26. The van der Waals surface area contributed by atoms with E-state index in [9.17, 15) is 14.4 Å². The van der Waals surface area contributed by atoms with Crippen LogP contribution in [0.2, 0.25) is 0 Å². The van der Waals surface area contributed by atoms with E-state index >= 15 is 0 Å². The molecular formula is C34H44Br2N5O4+. The van der Waals surface area contributed by atoms with Gasteiger partial charge in [-0.25, -0.2) is 14.4 Å². The highest BCUT2D eigenvalue weighted by Crippen LogP contribution is 2.32. The molecule has 3 saturated heterocycles. The Balaban J connectivity index is 1.16. The average Bonchev–Trinajstić information content (AvgIpc) is 3.24. The number of fused-ring (bicyclic) bond motifs is 1. The molecule has 0 spiro atoms. The summed E-state index contributed by atoms with van der Waals surface area (Å²) in [5.74, 6) is 0.0460. The molecule has 0 radical (unpaired) electrons. The first kappa shape index (κ1) is 32.5. The topological polar surface area (TPSA) is 91.0 Å². The van der Waals surface area contributed by atoms with E-state index in [1.165, 1.54) is 0 Å². The lowest BCUT2D eigenvalue weighted by Gasteiger charge is -2.47. The maximum atomic E-state index is 14.7. The molecule has 0 unspecified atom stereocenters. The standard InChI is InChI=1S/C34H43Br2N5O4/c35-28-9-8-24(22-29(28)36)23-31(32(42)41(20-4-1-5-21-41)27-10-15-37-16-11-27)45-34(44)39-17-13-26(14-18-39)40-19-12-25-6-2-3-7-30(25)38-33(40)43/h2-3,6-9,22,26-27,31,37H,1,4-5,10-21,23H2/p+1/t31-/m1/s1. The Bertz CT molecular complexity index is 1390. The lowest BCUT2D eigenvalue weighted by atomic mass is 9.94. The number of benzene rings is 2. The Labute approximate surface area is 282 Å². The average molecular weight is 747 g/mol. The summed E-state index contributed by atoms with van der Waals surface area (Å²) in [4.78, 5) is 45.2. The number of hydrogen-bond acceptors (Lipinski definition) is 5. The number of rotatable bonds is 6. The van der Waals surface area contributed by atoms with E-state index in [0.29, 0.717) is 43.4 Å². The Morgan fingerprint density at radius 3 is 2.40 bits per heavy atom. The van der Waals surface area contributed by atoms with E-state index < -0.39 is 12.2 Å². The van der Waals surface area contributed by atoms with Crippen molar-refractivity contribution in [2.24, 2.45) is 0 Å². The van der Waals surface area contributed by atoms with Gasteiger partial charge in [0.2, 0.25) is 6.10 Å². The van der Waals surface area contributed by atoms with E-state index in [2.05, 4.69) is 48.6 Å². The molecule has 6 rings (SSSR count). The van der Waals surface area contributed by atoms with Crippen LogP contribution in [0.15, 0.2) is 51.4 Å². The molecule has 0 aliphatic carbocycles. The summed E-state index contributed by atoms with van der Waals surface area (Å²) in [7, 11) is 0. The highest BCUT2D eigenvalue weighted by atomic mass is 79.9. The van der Waals surface area contributed by atoms with Crippen LogP contribution >= 0.6 is 31.9 Å². The van der Waals surface area contributed by atoms with Crippen LogP contribution in [-0.4, -0.2) is 96.3 Å². The van der Waals surface area contributed by atoms with Gasteiger partial charge in [0.1, 0.15) is 0 Å². The Morgan fingerprint density at radius 1 is 0.933 bits per heavy atom. The van der Waals surface area contributed by atoms with Gasteiger partial charge < -0.3 is 25.2 Å². The summed E-state index contributed by atoms with van der Waals surface area (Å²) in [6.07, 6.45) is 6.26. The molecular weight excluding hydrogens is 702 g/mol. The fraction of sp³-hybridized carbons (Fsp3) is 0.559. The fourth-order valence-electron chi connectivity index (χ4n) is 7.78. The number of carbonyl (C=O) groups excluding carboxylic acids is 3. The zero-order chi connectivity index (χ0) is 31.4. The van der Waals surface area contributed by atoms with E-state index in [-0.39, 0.29) is 24.0 Å². The number of para-hydroxylation sites is 1. The normalized spacial score (nSPS) is 21.8. The minimum absolute atomic E-state index is 0.0444. The lowest BCUT2D eigenvalue weighted by Crippen LogP contribution is -2.67. The van der Waals surface area contributed by atoms with Crippen LogP contribution in [-0.2, 0) is 22.4 Å². The molecule has 4 heterocycles. The predicted molar refractivity (Wildman–Crippen MR) is 181 cm³/mol. The van der Waals surface area contributed by atoms with Crippen molar-refractivity contribution in [3.05, 3.63) is 62.5 Å². The molecule has 11 heteroatoms. The van der Waals surface area contributed by atoms with Crippen LogP contribution < -0.4 is 10.6 Å². The zero-order valence-corrected chi connectivity index (χ0v) is 29.0. The number of carbonyl (C=O) groups is 3. The molecule has 2 aromatic rings. The fourth-order valence-corrected chi connectivity index (χ4v) is 8.46. The van der Waals surface area contributed by atoms with Gasteiger partial charge >= 0.3 is 18.0 Å². The number of urea groups is 1. The van der Waals surface area contributed by atoms with Crippen LogP contribution in [0, 0.1) is 0 Å². The number of nitrogens with zero attached hydrogens (tertiary/aromatic N) is 3. The highest BCUT2D eigenvalue weighted by Gasteiger charge is 2.50. The van der Waals surface area contributed by atoms with Gasteiger partial charge in [-0.2, -0.15) is 0 Å². The number of anilines is 1. The van der Waals surface area contributed by atoms with Crippen molar-refractivity contribution < 1.29 is 23.6 Å². The molecule has 45 heavy (non-hydrogen) atoms. The van der Waals surface area contributed by atoms with Gasteiger partial charge in [-0.1, -0.05) is 24.3 Å². The van der Waals surface area contributed by atoms with Crippen molar-refractivity contribution in [1.82, 2.24) is 15.1 Å². The van der Waals surface area contributed by atoms with Crippen molar-refractivity contribution in [3.63, 3.8) is 0 Å². The highest BCUT2D eigenvalue weighted by molar-refractivity contribution is 9.13. The molecule has 4 aliphatic rings. The maximum Gasteiger partial charge on any atom is 0.410 e. The van der Waals surface area contributed by atoms with Crippen LogP contribution in [0.1, 0.15) is 56.1 Å². The number of hydrogen-bond donors (Lipinski definition) is 2. The predicted octanol–water partition coefficient (Wildman–Crippen LogP) is 6.09. The minimum Gasteiger partial charge on any atom is -0.431 e. The summed E-state index contributed by atoms with van der Waals surface area (Å²) < 4.78 is 8.51. The van der Waals surface area contributed by atoms with E-state index in [4.69, 9.17) is 4.74 Å². The maximum absolute atomic E-state index is 14.7. The van der Waals surface area contributed by atoms with Gasteiger partial charge in [-0.15, -0.1) is 0 Å². The molecule has 0 bridgehead atoms. The smallest absolute Gasteiger partial charge is 0.410 e. The number of ether oxygens (including phenoxy) is 1. The van der Waals surface area contributed by atoms with E-state index in [1.807, 2.05) is 41.3 Å². The molecule has 0 saturated carbocycles. The number of piperidine rings is 3. The monoisotopic (exact) mass is 744 g/mol. The van der Waals surface area contributed by atoms with Crippen molar-refractivity contribution in [3.8, 4) is 0 Å². The molecule has 2 N–H and O–H groups in total. The van der Waals surface area contributed by atoms with Crippen molar-refractivity contribution in [2.45, 2.75) is 76.0 Å². The summed E-state index contributed by atoms with van der Waals surface area (Å²) in [5.41, 5.74) is 2.96. The Kier molecular flexibility index (Phi) is 10.5. The molecule has 2 aromatic carbocycles. The lowest BCUT2D eigenvalue weighted by molar-refractivity contribution is -0.886. The van der Waals surface area contributed by atoms with Gasteiger partial charge in [0.05, 0.1) is 19.1 Å². The molecule has 4 amide bonds. The number of likely N-dealkylation sites (tertiary alicyclic amines) is 2. The van der Waals surface area contributed by atoms with Gasteiger partial charge in [0, 0.05) is 72.7 Å². The molecule has 0 aromatic heterocycles. The first-order valence-corrected chi connectivity index (χ1v) is 18.1. The number of amides is 4. The van der Waals surface area contributed by atoms with Crippen LogP contribution in [0.4, 0.5) is 15.3 Å². The van der Waals surface area contributed by atoms with Crippen LogP contribution in [0.3, 0.4) is 0 Å². The Morgan fingerprint density at radius 2 is 1.67 bits per heavy atom. The number of halogens is 2. The van der Waals surface area contributed by atoms with E-state index in [1.54, 1.807) is 4.90 Å².